The minimum absolute atomic E-state index is 0.177. The standard InChI is InChI=1S/C19H16ClN3O2/c1-12-5-3-6-14(11-12)23-10-9-17(24)18(22-23)19(25)21-16-8-4-7-15(20)13(16)2/h3-11H,1-2H3,(H,21,25). The van der Waals surface area contributed by atoms with Gasteiger partial charge in [-0.1, -0.05) is 29.8 Å². The van der Waals surface area contributed by atoms with Gasteiger partial charge in [-0.05, 0) is 49.2 Å². The van der Waals surface area contributed by atoms with Gasteiger partial charge in [-0.25, -0.2) is 4.68 Å². The van der Waals surface area contributed by atoms with Gasteiger partial charge < -0.3 is 5.32 Å². The molecule has 0 unspecified atom stereocenters. The van der Waals surface area contributed by atoms with Gasteiger partial charge in [-0.3, -0.25) is 9.59 Å². The van der Waals surface area contributed by atoms with E-state index in [1.54, 1.807) is 31.3 Å². The minimum atomic E-state index is -0.572. The molecule has 0 fully saturated rings. The summed E-state index contributed by atoms with van der Waals surface area (Å²) in [5.74, 6) is -0.572. The van der Waals surface area contributed by atoms with Gasteiger partial charge in [0, 0.05) is 23.0 Å². The summed E-state index contributed by atoms with van der Waals surface area (Å²) in [6.07, 6.45) is 1.54. The van der Waals surface area contributed by atoms with Gasteiger partial charge in [0.15, 0.2) is 5.69 Å². The number of aromatic nitrogens is 2. The van der Waals surface area contributed by atoms with E-state index < -0.39 is 11.3 Å². The molecule has 3 aromatic rings. The van der Waals surface area contributed by atoms with E-state index in [4.69, 9.17) is 11.6 Å². The first kappa shape index (κ1) is 16.9. The molecule has 0 aliphatic carbocycles. The van der Waals surface area contributed by atoms with Gasteiger partial charge in [0.25, 0.3) is 5.91 Å². The summed E-state index contributed by atoms with van der Waals surface area (Å²) in [6, 6.07) is 14.1. The molecule has 0 saturated heterocycles. The number of nitrogens with one attached hydrogen (secondary N) is 1. The molecule has 0 atom stereocenters. The molecule has 2 aromatic carbocycles. The summed E-state index contributed by atoms with van der Waals surface area (Å²) in [5.41, 5.74) is 2.48. The van der Waals surface area contributed by atoms with E-state index in [0.717, 1.165) is 16.8 Å². The van der Waals surface area contributed by atoms with Crippen LogP contribution in [-0.2, 0) is 0 Å². The smallest absolute Gasteiger partial charge is 0.280 e. The zero-order valence-electron chi connectivity index (χ0n) is 13.8. The molecule has 0 aliphatic rings. The quantitative estimate of drug-likeness (QED) is 0.779. The van der Waals surface area contributed by atoms with Crippen molar-refractivity contribution in [1.29, 1.82) is 0 Å². The molecule has 3 rings (SSSR count). The second-order valence-corrected chi connectivity index (χ2v) is 6.09. The van der Waals surface area contributed by atoms with Gasteiger partial charge in [-0.15, -0.1) is 0 Å². The van der Waals surface area contributed by atoms with Crippen molar-refractivity contribution >= 4 is 23.2 Å². The maximum Gasteiger partial charge on any atom is 0.280 e. The maximum absolute atomic E-state index is 12.5. The Hall–Kier alpha value is -2.92. The zero-order valence-corrected chi connectivity index (χ0v) is 14.5. The molecule has 1 aromatic heterocycles. The average Bonchev–Trinajstić information content (AvgIpc) is 2.59. The Kier molecular flexibility index (Phi) is 4.67. The van der Waals surface area contributed by atoms with Crippen molar-refractivity contribution in [2.75, 3.05) is 5.32 Å². The van der Waals surface area contributed by atoms with Crippen LogP contribution in [0.25, 0.3) is 5.69 Å². The lowest BCUT2D eigenvalue weighted by molar-refractivity contribution is 0.101. The van der Waals surface area contributed by atoms with E-state index in [2.05, 4.69) is 10.4 Å². The number of aryl methyl sites for hydroxylation is 1. The number of halogens is 1. The van der Waals surface area contributed by atoms with Gasteiger partial charge in [0.05, 0.1) is 5.69 Å². The number of carbonyl (C=O) groups excluding carboxylic acids is 1. The highest BCUT2D eigenvalue weighted by molar-refractivity contribution is 6.31. The van der Waals surface area contributed by atoms with Crippen molar-refractivity contribution in [3.8, 4) is 5.69 Å². The van der Waals surface area contributed by atoms with E-state index >= 15 is 0 Å². The number of carbonyl (C=O) groups is 1. The Morgan fingerprint density at radius 3 is 2.64 bits per heavy atom. The van der Waals surface area contributed by atoms with Crippen LogP contribution in [-0.4, -0.2) is 15.7 Å². The number of amides is 1. The molecule has 5 nitrogen and oxygen atoms in total. The normalized spacial score (nSPS) is 10.5. The molecule has 1 N–H and O–H groups in total. The molecule has 0 radical (unpaired) electrons. The summed E-state index contributed by atoms with van der Waals surface area (Å²) >= 11 is 6.06. The van der Waals surface area contributed by atoms with Crippen molar-refractivity contribution in [1.82, 2.24) is 9.78 Å². The van der Waals surface area contributed by atoms with Crippen molar-refractivity contribution in [2.24, 2.45) is 0 Å². The highest BCUT2D eigenvalue weighted by atomic mass is 35.5. The molecule has 1 amide bonds. The van der Waals surface area contributed by atoms with Crippen molar-refractivity contribution in [3.63, 3.8) is 0 Å². The number of benzene rings is 2. The molecule has 0 spiro atoms. The molecule has 0 aliphatic heterocycles. The van der Waals surface area contributed by atoms with E-state index in [1.165, 1.54) is 10.7 Å². The van der Waals surface area contributed by atoms with Crippen LogP contribution in [0.1, 0.15) is 21.6 Å². The van der Waals surface area contributed by atoms with Gasteiger partial charge in [0.1, 0.15) is 0 Å². The average molecular weight is 354 g/mol. The predicted octanol–water partition coefficient (Wildman–Crippen LogP) is 3.76. The van der Waals surface area contributed by atoms with E-state index in [1.807, 2.05) is 31.2 Å². The van der Waals surface area contributed by atoms with Crippen LogP contribution in [0.3, 0.4) is 0 Å². The zero-order chi connectivity index (χ0) is 18.0. The van der Waals surface area contributed by atoms with Gasteiger partial charge >= 0.3 is 0 Å². The minimum Gasteiger partial charge on any atom is -0.320 e. The fraction of sp³-hybridized carbons (Fsp3) is 0.105. The Bertz CT molecular complexity index is 1010. The first-order valence-corrected chi connectivity index (χ1v) is 8.07. The molecule has 6 heteroatoms. The Morgan fingerprint density at radius 2 is 1.88 bits per heavy atom. The van der Waals surface area contributed by atoms with Crippen molar-refractivity contribution < 1.29 is 4.79 Å². The first-order valence-electron chi connectivity index (χ1n) is 7.69. The van der Waals surface area contributed by atoms with E-state index in [9.17, 15) is 9.59 Å². The summed E-state index contributed by atoms with van der Waals surface area (Å²) in [7, 11) is 0. The fourth-order valence-electron chi connectivity index (χ4n) is 2.40. The Labute approximate surface area is 149 Å². The second-order valence-electron chi connectivity index (χ2n) is 5.68. The lowest BCUT2D eigenvalue weighted by Gasteiger charge is -2.10. The molecular formula is C19H16ClN3O2. The van der Waals surface area contributed by atoms with Crippen LogP contribution < -0.4 is 10.7 Å². The highest BCUT2D eigenvalue weighted by Crippen LogP contribution is 2.23. The van der Waals surface area contributed by atoms with Gasteiger partial charge in [-0.2, -0.15) is 5.10 Å². The lowest BCUT2D eigenvalue weighted by atomic mass is 10.2. The van der Waals surface area contributed by atoms with Crippen LogP contribution in [0.2, 0.25) is 5.02 Å². The Morgan fingerprint density at radius 1 is 1.12 bits per heavy atom. The molecule has 1 heterocycles. The number of hydrogen-bond donors (Lipinski definition) is 1. The summed E-state index contributed by atoms with van der Waals surface area (Å²) in [6.45, 7) is 3.75. The van der Waals surface area contributed by atoms with Gasteiger partial charge in [0.2, 0.25) is 5.43 Å². The summed E-state index contributed by atoms with van der Waals surface area (Å²) < 4.78 is 1.51. The Balaban J connectivity index is 1.96. The van der Waals surface area contributed by atoms with Crippen LogP contribution in [0.15, 0.2) is 59.5 Å². The van der Waals surface area contributed by atoms with Crippen LogP contribution in [0.4, 0.5) is 5.69 Å². The topological polar surface area (TPSA) is 64.0 Å². The third-order valence-electron chi connectivity index (χ3n) is 3.81. The summed E-state index contributed by atoms with van der Waals surface area (Å²) in [5, 5.41) is 7.43. The van der Waals surface area contributed by atoms with Crippen LogP contribution in [0, 0.1) is 13.8 Å². The van der Waals surface area contributed by atoms with Crippen LogP contribution >= 0.6 is 11.6 Å². The second kappa shape index (κ2) is 6.91. The number of nitrogens with zero attached hydrogens (tertiary/aromatic N) is 2. The van der Waals surface area contributed by atoms with Crippen LogP contribution in [0.5, 0.6) is 0 Å². The lowest BCUT2D eigenvalue weighted by Crippen LogP contribution is -2.25. The molecular weight excluding hydrogens is 338 g/mol. The molecule has 0 bridgehead atoms. The maximum atomic E-state index is 12.5. The highest BCUT2D eigenvalue weighted by Gasteiger charge is 2.15. The molecule has 0 saturated carbocycles. The molecule has 126 valence electrons. The number of anilines is 1. The fourth-order valence-corrected chi connectivity index (χ4v) is 2.58. The molecule has 25 heavy (non-hydrogen) atoms. The largest absolute Gasteiger partial charge is 0.320 e. The third kappa shape index (κ3) is 3.61. The first-order chi connectivity index (χ1) is 12.0. The SMILES string of the molecule is Cc1cccc(-n2ccc(=O)c(C(=O)Nc3cccc(Cl)c3C)n2)c1. The predicted molar refractivity (Wildman–Crippen MR) is 98.7 cm³/mol. The monoisotopic (exact) mass is 353 g/mol. The third-order valence-corrected chi connectivity index (χ3v) is 4.21. The van der Waals surface area contributed by atoms with E-state index in [0.29, 0.717) is 10.7 Å². The van der Waals surface area contributed by atoms with Crippen molar-refractivity contribution in [3.05, 3.63) is 86.8 Å². The van der Waals surface area contributed by atoms with Crippen molar-refractivity contribution in [2.45, 2.75) is 13.8 Å². The summed E-state index contributed by atoms with van der Waals surface area (Å²) in [4.78, 5) is 24.6. The number of hydrogen-bond acceptors (Lipinski definition) is 3. The van der Waals surface area contributed by atoms with E-state index in [-0.39, 0.29) is 5.69 Å². The number of rotatable bonds is 3.